The van der Waals surface area contributed by atoms with Crippen LogP contribution >= 0.6 is 0 Å². The highest BCUT2D eigenvalue weighted by Crippen LogP contribution is 2.64. The van der Waals surface area contributed by atoms with Crippen LogP contribution in [0.1, 0.15) is 18.4 Å². The Bertz CT molecular complexity index is 967. The molecule has 0 spiro atoms. The maximum absolute atomic E-state index is 13.2. The van der Waals surface area contributed by atoms with E-state index in [1.807, 2.05) is 6.07 Å². The third-order valence-corrected chi connectivity index (χ3v) is 6.81. The van der Waals surface area contributed by atoms with E-state index < -0.39 is 38.2 Å². The Hall–Kier alpha value is -2.72. The Balaban J connectivity index is 2.13. The van der Waals surface area contributed by atoms with Gasteiger partial charge in [0.2, 0.25) is 0 Å². The summed E-state index contributed by atoms with van der Waals surface area (Å²) < 4.78 is 44.4. The molecule has 0 bridgehead atoms. The molecule has 0 aromatic heterocycles. The van der Waals surface area contributed by atoms with Crippen molar-refractivity contribution in [2.75, 3.05) is 6.61 Å². The number of nitrogens with zero attached hydrogens (tertiary/aromatic N) is 1. The third kappa shape index (κ3) is 2.67. The van der Waals surface area contributed by atoms with Crippen molar-refractivity contribution < 1.29 is 22.3 Å². The highest BCUT2D eigenvalue weighted by molar-refractivity contribution is 7.92. The zero-order valence-corrected chi connectivity index (χ0v) is 14.7. The fraction of sp³-hybridized carbons (Fsp3) is 0.263. The molecule has 1 saturated carbocycles. The maximum Gasteiger partial charge on any atom is 0.328 e. The fourth-order valence-electron chi connectivity index (χ4n) is 3.32. The first-order valence-electron chi connectivity index (χ1n) is 8.02. The first kappa shape index (κ1) is 18.1. The largest absolute Gasteiger partial charge is 0.465 e. The molecule has 26 heavy (non-hydrogen) atoms. The molecule has 0 aliphatic heterocycles. The van der Waals surface area contributed by atoms with E-state index in [1.54, 1.807) is 25.1 Å². The fourth-order valence-corrected chi connectivity index (χ4v) is 5.58. The normalized spacial score (nSPS) is 24.5. The Morgan fingerprint density at radius 2 is 1.81 bits per heavy atom. The lowest BCUT2D eigenvalue weighted by molar-refractivity contribution is -0.147. The van der Waals surface area contributed by atoms with Crippen LogP contribution in [0, 0.1) is 22.6 Å². The van der Waals surface area contributed by atoms with Crippen LogP contribution in [0.15, 0.2) is 59.5 Å². The molecule has 0 saturated heterocycles. The topological polar surface area (TPSA) is 84.2 Å². The molecule has 1 fully saturated rings. The Kier molecular flexibility index (Phi) is 4.55. The summed E-state index contributed by atoms with van der Waals surface area (Å²) in [5, 5.41) is 8.45. The van der Waals surface area contributed by atoms with Gasteiger partial charge in [-0.2, -0.15) is 5.26 Å². The highest BCUT2D eigenvalue weighted by atomic mass is 32.2. The molecular formula is C19H16FNO4S. The average molecular weight is 373 g/mol. The number of ether oxygens (including phenoxy) is 1. The summed E-state index contributed by atoms with van der Waals surface area (Å²) in [4.78, 5) is 12.5. The van der Waals surface area contributed by atoms with Gasteiger partial charge in [-0.15, -0.1) is 0 Å². The van der Waals surface area contributed by atoms with Crippen LogP contribution in [0.25, 0.3) is 0 Å². The minimum Gasteiger partial charge on any atom is -0.465 e. The zero-order valence-electron chi connectivity index (χ0n) is 13.9. The number of benzene rings is 2. The number of halogens is 1. The summed E-state index contributed by atoms with van der Waals surface area (Å²) in [5.41, 5.74) is -1.44. The number of nitriles is 1. The number of hydrogen-bond donors (Lipinski definition) is 0. The van der Waals surface area contributed by atoms with Crippen LogP contribution in [0.5, 0.6) is 0 Å². The van der Waals surface area contributed by atoms with Crippen molar-refractivity contribution in [1.29, 1.82) is 5.26 Å². The SMILES string of the molecule is CCOC(=O)[C@@]1(C#N)[C@H](S(=O)(=O)c2ccccc2)[C@@H]1c1ccc(F)cc1. The van der Waals surface area contributed by atoms with Crippen molar-refractivity contribution in [1.82, 2.24) is 0 Å². The van der Waals surface area contributed by atoms with Gasteiger partial charge in [-0.3, -0.25) is 4.79 Å². The molecular weight excluding hydrogens is 357 g/mol. The minimum atomic E-state index is -3.97. The molecule has 0 radical (unpaired) electrons. The summed E-state index contributed by atoms with van der Waals surface area (Å²) in [6.07, 6.45) is 0. The molecule has 1 aliphatic rings. The molecule has 0 unspecified atom stereocenters. The molecule has 1 aliphatic carbocycles. The van der Waals surface area contributed by atoms with Crippen LogP contribution in [-0.4, -0.2) is 26.2 Å². The van der Waals surface area contributed by atoms with E-state index in [4.69, 9.17) is 4.74 Å². The van der Waals surface area contributed by atoms with E-state index in [1.165, 1.54) is 36.4 Å². The summed E-state index contributed by atoms with van der Waals surface area (Å²) in [7, 11) is -3.97. The molecule has 134 valence electrons. The lowest BCUT2D eigenvalue weighted by Crippen LogP contribution is -2.25. The molecule has 2 aromatic rings. The molecule has 3 rings (SSSR count). The van der Waals surface area contributed by atoms with E-state index in [9.17, 15) is 22.9 Å². The minimum absolute atomic E-state index is 0.0243. The lowest BCUT2D eigenvalue weighted by atomic mass is 10.0. The second kappa shape index (κ2) is 6.54. The number of rotatable bonds is 5. The second-order valence-electron chi connectivity index (χ2n) is 6.01. The molecule has 5 nitrogen and oxygen atoms in total. The summed E-state index contributed by atoms with van der Waals surface area (Å²) >= 11 is 0. The Morgan fingerprint density at radius 3 is 2.35 bits per heavy atom. The van der Waals surface area contributed by atoms with E-state index in [0.29, 0.717) is 5.56 Å². The van der Waals surface area contributed by atoms with Gasteiger partial charge in [0.05, 0.1) is 17.6 Å². The standard InChI is InChI=1S/C19H16FNO4S/c1-2-25-18(22)19(12-21)16(13-8-10-14(20)11-9-13)17(19)26(23,24)15-6-4-3-5-7-15/h3-11,16-17H,2H2,1H3/t16-,17+,19+/m0/s1. The summed E-state index contributed by atoms with van der Waals surface area (Å²) in [6.45, 7) is 1.61. The Morgan fingerprint density at radius 1 is 1.19 bits per heavy atom. The average Bonchev–Trinajstić information content (AvgIpc) is 3.35. The van der Waals surface area contributed by atoms with Crippen LogP contribution < -0.4 is 0 Å². The van der Waals surface area contributed by atoms with Crippen molar-refractivity contribution >= 4 is 15.8 Å². The second-order valence-corrected chi connectivity index (χ2v) is 8.08. The molecule has 0 amide bonds. The molecule has 7 heteroatoms. The first-order valence-corrected chi connectivity index (χ1v) is 9.57. The summed E-state index contributed by atoms with van der Waals surface area (Å²) in [6, 6.07) is 14.7. The van der Waals surface area contributed by atoms with E-state index in [0.717, 1.165) is 0 Å². The van der Waals surface area contributed by atoms with Gasteiger partial charge in [0, 0.05) is 5.92 Å². The predicted molar refractivity (Wildman–Crippen MR) is 91.2 cm³/mol. The predicted octanol–water partition coefficient (Wildman–Crippen LogP) is 2.84. The van der Waals surface area contributed by atoms with Crippen molar-refractivity contribution in [3.8, 4) is 6.07 Å². The maximum atomic E-state index is 13.2. The van der Waals surface area contributed by atoms with Crippen molar-refractivity contribution in [3.05, 3.63) is 66.0 Å². The van der Waals surface area contributed by atoms with Crippen molar-refractivity contribution in [2.24, 2.45) is 5.41 Å². The molecule has 2 aromatic carbocycles. The van der Waals surface area contributed by atoms with Crippen LogP contribution in [-0.2, 0) is 19.4 Å². The van der Waals surface area contributed by atoms with Gasteiger partial charge in [-0.05, 0) is 36.8 Å². The third-order valence-electron chi connectivity index (χ3n) is 4.57. The van der Waals surface area contributed by atoms with Crippen LogP contribution in [0.3, 0.4) is 0 Å². The lowest BCUT2D eigenvalue weighted by Gasteiger charge is -2.09. The monoisotopic (exact) mass is 373 g/mol. The van der Waals surface area contributed by atoms with Gasteiger partial charge >= 0.3 is 5.97 Å². The van der Waals surface area contributed by atoms with Crippen LogP contribution in [0.2, 0.25) is 0 Å². The number of sulfone groups is 1. The van der Waals surface area contributed by atoms with E-state index in [2.05, 4.69) is 0 Å². The van der Waals surface area contributed by atoms with Crippen LogP contribution in [0.4, 0.5) is 4.39 Å². The number of carbonyl (C=O) groups is 1. The highest BCUT2D eigenvalue weighted by Gasteiger charge is 2.77. The van der Waals surface area contributed by atoms with Gasteiger partial charge in [0.1, 0.15) is 11.1 Å². The van der Waals surface area contributed by atoms with Gasteiger partial charge in [-0.1, -0.05) is 30.3 Å². The molecule has 0 N–H and O–H groups in total. The quantitative estimate of drug-likeness (QED) is 0.753. The van der Waals surface area contributed by atoms with E-state index >= 15 is 0 Å². The van der Waals surface area contributed by atoms with Gasteiger partial charge in [0.25, 0.3) is 0 Å². The zero-order chi connectivity index (χ0) is 18.9. The number of carbonyl (C=O) groups excluding carboxylic acids is 1. The first-order chi connectivity index (χ1) is 12.4. The molecule has 0 heterocycles. The van der Waals surface area contributed by atoms with Crippen molar-refractivity contribution in [3.63, 3.8) is 0 Å². The van der Waals surface area contributed by atoms with Gasteiger partial charge in [-0.25, -0.2) is 12.8 Å². The van der Waals surface area contributed by atoms with E-state index in [-0.39, 0.29) is 11.5 Å². The smallest absolute Gasteiger partial charge is 0.328 e. The van der Waals surface area contributed by atoms with Gasteiger partial charge < -0.3 is 4.74 Å². The van der Waals surface area contributed by atoms with Crippen molar-refractivity contribution in [2.45, 2.75) is 23.0 Å². The Labute approximate surface area is 150 Å². The number of esters is 1. The van der Waals surface area contributed by atoms with Gasteiger partial charge in [0.15, 0.2) is 15.3 Å². The summed E-state index contributed by atoms with van der Waals surface area (Å²) in [5.74, 6) is -2.28. The number of hydrogen-bond acceptors (Lipinski definition) is 5. The molecule has 3 atom stereocenters.